The Hall–Kier alpha value is -2.32. The topological polar surface area (TPSA) is 69.4 Å². The highest BCUT2D eigenvalue weighted by Gasteiger charge is 2.11. The number of rotatable bonds is 6. The molecule has 0 saturated heterocycles. The third-order valence-corrected chi connectivity index (χ3v) is 5.73. The van der Waals surface area contributed by atoms with Crippen molar-refractivity contribution in [3.8, 4) is 0 Å². The van der Waals surface area contributed by atoms with Gasteiger partial charge in [-0.05, 0) is 40.9 Å². The molecular weight excluding hydrogens is 352 g/mol. The molecule has 3 aromatic heterocycles. The van der Waals surface area contributed by atoms with Crippen molar-refractivity contribution in [3.05, 3.63) is 58.0 Å². The molecule has 0 N–H and O–H groups in total. The summed E-state index contributed by atoms with van der Waals surface area (Å²) < 4.78 is 1.86. The van der Waals surface area contributed by atoms with Crippen LogP contribution < -0.4 is 0 Å². The Bertz CT molecular complexity index is 980. The van der Waals surface area contributed by atoms with Gasteiger partial charge in [0.05, 0.1) is 29.0 Å². The number of hydrogen-bond donors (Lipinski definition) is 0. The molecule has 0 bridgehead atoms. The van der Waals surface area contributed by atoms with Crippen LogP contribution in [0.2, 0.25) is 0 Å². The van der Waals surface area contributed by atoms with Gasteiger partial charge in [-0.1, -0.05) is 30.0 Å². The van der Waals surface area contributed by atoms with Gasteiger partial charge >= 0.3 is 0 Å². The number of fused-ring (bicyclic) bond motifs is 1. The van der Waals surface area contributed by atoms with Crippen molar-refractivity contribution in [2.75, 3.05) is 0 Å². The first-order chi connectivity index (χ1) is 12.3. The number of nitrogens with zero attached hydrogens (tertiary/aromatic N) is 6. The van der Waals surface area contributed by atoms with Crippen LogP contribution in [0.1, 0.15) is 16.3 Å². The second-order valence-corrected chi connectivity index (χ2v) is 7.52. The lowest BCUT2D eigenvalue weighted by molar-refractivity contribution is 0.550. The van der Waals surface area contributed by atoms with Gasteiger partial charge in [0.1, 0.15) is 0 Å². The van der Waals surface area contributed by atoms with Crippen molar-refractivity contribution in [2.45, 2.75) is 30.8 Å². The Labute approximate surface area is 153 Å². The summed E-state index contributed by atoms with van der Waals surface area (Å²) in [5.41, 5.74) is 3.76. The molecule has 0 spiro atoms. The van der Waals surface area contributed by atoms with Crippen LogP contribution in [-0.4, -0.2) is 30.2 Å². The van der Waals surface area contributed by atoms with Crippen LogP contribution in [0, 0.1) is 6.92 Å². The zero-order chi connectivity index (χ0) is 17.1. The quantitative estimate of drug-likeness (QED) is 0.485. The van der Waals surface area contributed by atoms with Crippen LogP contribution in [-0.2, 0) is 18.7 Å². The number of aromatic nitrogens is 6. The summed E-state index contributed by atoms with van der Waals surface area (Å²) in [4.78, 5) is 10.7. The highest BCUT2D eigenvalue weighted by molar-refractivity contribution is 7.98. The number of aryl methyl sites for hydroxylation is 3. The van der Waals surface area contributed by atoms with E-state index in [0.717, 1.165) is 40.5 Å². The fourth-order valence-electron chi connectivity index (χ4n) is 2.51. The first-order valence-corrected chi connectivity index (χ1v) is 9.80. The van der Waals surface area contributed by atoms with Crippen LogP contribution in [0.3, 0.4) is 0 Å². The average molecular weight is 368 g/mol. The number of benzene rings is 1. The zero-order valence-electron chi connectivity index (χ0n) is 13.7. The summed E-state index contributed by atoms with van der Waals surface area (Å²) in [6.45, 7) is 2.77. The first kappa shape index (κ1) is 16.2. The molecule has 0 atom stereocenters. The number of tetrazole rings is 1. The van der Waals surface area contributed by atoms with Gasteiger partial charge in [0, 0.05) is 17.1 Å². The number of hydrogen-bond acceptors (Lipinski definition) is 7. The van der Waals surface area contributed by atoms with Crippen molar-refractivity contribution < 1.29 is 0 Å². The second kappa shape index (κ2) is 7.28. The van der Waals surface area contributed by atoms with E-state index in [0.29, 0.717) is 5.75 Å². The molecule has 0 amide bonds. The van der Waals surface area contributed by atoms with Gasteiger partial charge in [0.15, 0.2) is 0 Å². The molecule has 6 nitrogen and oxygen atoms in total. The Morgan fingerprint density at radius 3 is 2.72 bits per heavy atom. The monoisotopic (exact) mass is 368 g/mol. The largest absolute Gasteiger partial charge is 0.250 e. The van der Waals surface area contributed by atoms with E-state index in [1.165, 1.54) is 4.88 Å². The highest BCUT2D eigenvalue weighted by atomic mass is 32.2. The molecule has 126 valence electrons. The van der Waals surface area contributed by atoms with Gasteiger partial charge in [-0.25, -0.2) is 14.6 Å². The molecule has 0 aliphatic rings. The van der Waals surface area contributed by atoms with E-state index in [4.69, 9.17) is 4.98 Å². The lowest BCUT2D eigenvalue weighted by atomic mass is 10.2. The summed E-state index contributed by atoms with van der Waals surface area (Å²) in [7, 11) is 0. The summed E-state index contributed by atoms with van der Waals surface area (Å²) >= 11 is 3.35. The summed E-state index contributed by atoms with van der Waals surface area (Å²) in [5.74, 6) is 0.697. The molecular formula is C17H16N6S2. The Kier molecular flexibility index (Phi) is 4.71. The van der Waals surface area contributed by atoms with Crippen molar-refractivity contribution in [2.24, 2.45) is 0 Å². The molecule has 0 aliphatic heterocycles. The van der Waals surface area contributed by atoms with E-state index in [9.17, 15) is 0 Å². The third kappa shape index (κ3) is 3.69. The van der Waals surface area contributed by atoms with Gasteiger partial charge in [-0.3, -0.25) is 0 Å². The van der Waals surface area contributed by atoms with E-state index in [2.05, 4.69) is 38.0 Å². The summed E-state index contributed by atoms with van der Waals surface area (Å²) in [6, 6.07) is 12.1. The van der Waals surface area contributed by atoms with Gasteiger partial charge in [0.2, 0.25) is 5.16 Å². The average Bonchev–Trinajstić information content (AvgIpc) is 3.29. The lowest BCUT2D eigenvalue weighted by Crippen LogP contribution is -2.05. The molecule has 0 aliphatic carbocycles. The molecule has 4 rings (SSSR count). The molecule has 0 radical (unpaired) electrons. The zero-order valence-corrected chi connectivity index (χ0v) is 15.3. The smallest absolute Gasteiger partial charge is 0.209 e. The minimum atomic E-state index is 0.697. The minimum absolute atomic E-state index is 0.697. The molecule has 8 heteroatoms. The second-order valence-electron chi connectivity index (χ2n) is 5.55. The van der Waals surface area contributed by atoms with Crippen molar-refractivity contribution in [1.29, 1.82) is 0 Å². The normalized spacial score (nSPS) is 11.2. The summed E-state index contributed by atoms with van der Waals surface area (Å²) in [5, 5.41) is 15.0. The standard InChI is InChI=1S/C17H16N6S2/c1-12-16(19-15-7-3-2-6-14(15)18-12)11-25-17-20-21-22-23(17)9-8-13-5-4-10-24-13/h2-7,10H,8-9,11H2,1H3. The van der Waals surface area contributed by atoms with Gasteiger partial charge in [-0.2, -0.15) is 0 Å². The molecule has 25 heavy (non-hydrogen) atoms. The van der Waals surface area contributed by atoms with Crippen molar-refractivity contribution in [1.82, 2.24) is 30.2 Å². The van der Waals surface area contributed by atoms with Crippen LogP contribution in [0.4, 0.5) is 0 Å². The summed E-state index contributed by atoms with van der Waals surface area (Å²) in [6.07, 6.45) is 0.936. The Morgan fingerprint density at radius 2 is 1.92 bits per heavy atom. The maximum absolute atomic E-state index is 4.73. The first-order valence-electron chi connectivity index (χ1n) is 7.93. The van der Waals surface area contributed by atoms with Crippen LogP contribution >= 0.6 is 23.1 Å². The molecule has 0 saturated carbocycles. The predicted octanol–water partition coefficient (Wildman–Crippen LogP) is 3.52. The Balaban J connectivity index is 1.46. The number of para-hydroxylation sites is 2. The number of thiophene rings is 1. The van der Waals surface area contributed by atoms with Crippen molar-refractivity contribution >= 4 is 34.1 Å². The van der Waals surface area contributed by atoms with E-state index in [1.54, 1.807) is 23.1 Å². The third-order valence-electron chi connectivity index (χ3n) is 3.83. The van der Waals surface area contributed by atoms with Crippen LogP contribution in [0.15, 0.2) is 46.9 Å². The van der Waals surface area contributed by atoms with Gasteiger partial charge < -0.3 is 0 Å². The van der Waals surface area contributed by atoms with E-state index < -0.39 is 0 Å². The predicted molar refractivity (Wildman–Crippen MR) is 99.7 cm³/mol. The van der Waals surface area contributed by atoms with Gasteiger partial charge in [-0.15, -0.1) is 16.4 Å². The molecule has 4 aromatic rings. The lowest BCUT2D eigenvalue weighted by Gasteiger charge is -2.06. The molecule has 3 heterocycles. The van der Waals surface area contributed by atoms with E-state index in [-0.39, 0.29) is 0 Å². The molecule has 0 fully saturated rings. The van der Waals surface area contributed by atoms with Crippen molar-refractivity contribution in [3.63, 3.8) is 0 Å². The van der Waals surface area contributed by atoms with Crippen LogP contribution in [0.25, 0.3) is 11.0 Å². The van der Waals surface area contributed by atoms with E-state index in [1.807, 2.05) is 35.9 Å². The fraction of sp³-hybridized carbons (Fsp3) is 0.235. The van der Waals surface area contributed by atoms with Gasteiger partial charge in [0.25, 0.3) is 0 Å². The Morgan fingerprint density at radius 1 is 1.08 bits per heavy atom. The SMILES string of the molecule is Cc1nc2ccccc2nc1CSc1nnnn1CCc1cccs1. The maximum atomic E-state index is 4.73. The minimum Gasteiger partial charge on any atom is -0.250 e. The fourth-order valence-corrected chi connectivity index (χ4v) is 4.11. The number of thioether (sulfide) groups is 1. The highest BCUT2D eigenvalue weighted by Crippen LogP contribution is 2.22. The van der Waals surface area contributed by atoms with E-state index >= 15 is 0 Å². The maximum Gasteiger partial charge on any atom is 0.209 e. The molecule has 1 aromatic carbocycles. The van der Waals surface area contributed by atoms with Crippen LogP contribution in [0.5, 0.6) is 0 Å². The molecule has 0 unspecified atom stereocenters.